The molecule has 2 amide bonds. The number of benzene rings is 2. The van der Waals surface area contributed by atoms with Crippen molar-refractivity contribution in [1.82, 2.24) is 9.80 Å². The van der Waals surface area contributed by atoms with Crippen molar-refractivity contribution in [2.45, 2.75) is 19.4 Å². The first-order valence-electron chi connectivity index (χ1n) is 8.80. The van der Waals surface area contributed by atoms with Crippen LogP contribution in [0.4, 0.5) is 4.39 Å². The van der Waals surface area contributed by atoms with Crippen molar-refractivity contribution in [3.63, 3.8) is 0 Å². The van der Waals surface area contributed by atoms with E-state index in [-0.39, 0.29) is 24.2 Å². The Morgan fingerprint density at radius 1 is 0.846 bits per heavy atom. The van der Waals surface area contributed by atoms with Gasteiger partial charge in [-0.3, -0.25) is 14.5 Å². The normalized spacial score (nSPS) is 17.6. The number of carbonyl (C=O) groups is 2. The van der Waals surface area contributed by atoms with Gasteiger partial charge in [-0.25, -0.2) is 4.39 Å². The second-order valence-corrected chi connectivity index (χ2v) is 6.61. The Balaban J connectivity index is 1.74. The van der Waals surface area contributed by atoms with E-state index in [4.69, 9.17) is 0 Å². The molecule has 1 saturated heterocycles. The molecule has 5 heteroatoms. The number of rotatable bonds is 4. The van der Waals surface area contributed by atoms with Crippen molar-refractivity contribution >= 4 is 17.4 Å². The summed E-state index contributed by atoms with van der Waals surface area (Å²) in [6.45, 7) is 1.76. The van der Waals surface area contributed by atoms with Gasteiger partial charge in [-0.15, -0.1) is 0 Å². The molecule has 132 valence electrons. The van der Waals surface area contributed by atoms with Crippen molar-refractivity contribution in [1.29, 1.82) is 0 Å². The summed E-state index contributed by atoms with van der Waals surface area (Å²) in [5, 5.41) is 0. The van der Waals surface area contributed by atoms with Gasteiger partial charge >= 0.3 is 0 Å². The Hall–Kier alpha value is -2.95. The van der Waals surface area contributed by atoms with Gasteiger partial charge in [0.2, 0.25) is 0 Å². The fourth-order valence-corrected chi connectivity index (χ4v) is 3.58. The summed E-state index contributed by atoms with van der Waals surface area (Å²) < 4.78 is 13.3. The zero-order valence-corrected chi connectivity index (χ0v) is 14.3. The van der Waals surface area contributed by atoms with Crippen LogP contribution in [0.3, 0.4) is 0 Å². The molecule has 26 heavy (non-hydrogen) atoms. The van der Waals surface area contributed by atoms with Crippen LogP contribution in [0, 0.1) is 5.82 Å². The number of likely N-dealkylation sites (tertiary alicyclic amines) is 1. The van der Waals surface area contributed by atoms with Crippen LogP contribution in [-0.2, 0) is 16.1 Å². The molecular formula is C21H19FN2O2. The summed E-state index contributed by atoms with van der Waals surface area (Å²) in [5.41, 5.74) is 2.32. The lowest BCUT2D eigenvalue weighted by Crippen LogP contribution is -2.34. The third-order valence-corrected chi connectivity index (χ3v) is 4.88. The highest BCUT2D eigenvalue weighted by atomic mass is 19.1. The lowest BCUT2D eigenvalue weighted by atomic mass is 10.0. The minimum atomic E-state index is -0.366. The van der Waals surface area contributed by atoms with Crippen LogP contribution in [-0.4, -0.2) is 34.7 Å². The number of hydrogen-bond acceptors (Lipinski definition) is 3. The summed E-state index contributed by atoms with van der Waals surface area (Å²) in [5.74, 6) is -0.942. The number of imide groups is 1. The molecule has 0 bridgehead atoms. The van der Waals surface area contributed by atoms with Crippen molar-refractivity contribution in [3.8, 4) is 0 Å². The van der Waals surface area contributed by atoms with Crippen LogP contribution in [0.1, 0.15) is 24.0 Å². The number of hydrogen-bond donors (Lipinski definition) is 0. The van der Waals surface area contributed by atoms with Crippen molar-refractivity contribution in [3.05, 3.63) is 77.2 Å². The van der Waals surface area contributed by atoms with Crippen LogP contribution in [0.5, 0.6) is 0 Å². The van der Waals surface area contributed by atoms with Gasteiger partial charge in [0, 0.05) is 13.1 Å². The SMILES string of the molecule is O=C1C(c2ccc(F)cc2)=C(N2CCCC2)C(=O)N1Cc1ccccc1. The van der Waals surface area contributed by atoms with Gasteiger partial charge in [-0.05, 0) is 36.1 Å². The van der Waals surface area contributed by atoms with E-state index in [0.29, 0.717) is 16.8 Å². The maximum Gasteiger partial charge on any atom is 0.278 e. The monoisotopic (exact) mass is 350 g/mol. The van der Waals surface area contributed by atoms with Gasteiger partial charge in [0.05, 0.1) is 12.1 Å². The molecule has 2 aromatic rings. The van der Waals surface area contributed by atoms with Gasteiger partial charge in [0.15, 0.2) is 0 Å². The van der Waals surface area contributed by atoms with Crippen molar-refractivity contribution in [2.24, 2.45) is 0 Å². The molecule has 0 N–H and O–H groups in total. The largest absolute Gasteiger partial charge is 0.366 e. The second-order valence-electron chi connectivity index (χ2n) is 6.61. The quantitative estimate of drug-likeness (QED) is 0.795. The Morgan fingerprint density at radius 2 is 1.50 bits per heavy atom. The summed E-state index contributed by atoms with van der Waals surface area (Å²) in [7, 11) is 0. The van der Waals surface area contributed by atoms with Gasteiger partial charge in [0.1, 0.15) is 11.5 Å². The average Bonchev–Trinajstić information content (AvgIpc) is 3.26. The van der Waals surface area contributed by atoms with Crippen molar-refractivity contribution in [2.75, 3.05) is 13.1 Å². The summed E-state index contributed by atoms with van der Waals surface area (Å²) in [6, 6.07) is 15.2. The molecule has 0 aliphatic carbocycles. The first-order chi connectivity index (χ1) is 12.6. The van der Waals surface area contributed by atoms with E-state index in [1.807, 2.05) is 35.2 Å². The van der Waals surface area contributed by atoms with Gasteiger partial charge in [-0.2, -0.15) is 0 Å². The molecule has 2 aliphatic rings. The van der Waals surface area contributed by atoms with Crippen LogP contribution >= 0.6 is 0 Å². The molecule has 0 aromatic heterocycles. The molecule has 0 unspecified atom stereocenters. The lowest BCUT2D eigenvalue weighted by molar-refractivity contribution is -0.138. The molecule has 0 radical (unpaired) electrons. The molecule has 2 heterocycles. The van der Waals surface area contributed by atoms with E-state index in [2.05, 4.69) is 0 Å². The molecule has 2 aromatic carbocycles. The summed E-state index contributed by atoms with van der Waals surface area (Å²) >= 11 is 0. The third kappa shape index (κ3) is 2.90. The predicted octanol–water partition coefficient (Wildman–Crippen LogP) is 3.20. The van der Waals surface area contributed by atoms with E-state index in [1.165, 1.54) is 17.0 Å². The minimum Gasteiger partial charge on any atom is -0.366 e. The highest BCUT2D eigenvalue weighted by Gasteiger charge is 2.41. The highest BCUT2D eigenvalue weighted by Crippen LogP contribution is 2.34. The van der Waals surface area contributed by atoms with E-state index in [9.17, 15) is 14.0 Å². The van der Waals surface area contributed by atoms with E-state index in [0.717, 1.165) is 31.5 Å². The zero-order valence-electron chi connectivity index (χ0n) is 14.3. The molecule has 0 saturated carbocycles. The lowest BCUT2D eigenvalue weighted by Gasteiger charge is -2.20. The maximum absolute atomic E-state index is 13.3. The van der Waals surface area contributed by atoms with Crippen LogP contribution in [0.2, 0.25) is 0 Å². The third-order valence-electron chi connectivity index (χ3n) is 4.88. The van der Waals surface area contributed by atoms with Gasteiger partial charge in [0.25, 0.3) is 11.8 Å². The fourth-order valence-electron chi connectivity index (χ4n) is 3.58. The molecule has 1 fully saturated rings. The predicted molar refractivity (Wildman–Crippen MR) is 96.1 cm³/mol. The number of carbonyl (C=O) groups excluding carboxylic acids is 2. The topological polar surface area (TPSA) is 40.6 Å². The van der Waals surface area contributed by atoms with E-state index >= 15 is 0 Å². The van der Waals surface area contributed by atoms with Crippen LogP contribution in [0.25, 0.3) is 5.57 Å². The van der Waals surface area contributed by atoms with E-state index in [1.54, 1.807) is 12.1 Å². The molecule has 2 aliphatic heterocycles. The summed E-state index contributed by atoms with van der Waals surface area (Å²) in [6.07, 6.45) is 2.00. The van der Waals surface area contributed by atoms with Crippen LogP contribution < -0.4 is 0 Å². The molecule has 0 atom stereocenters. The standard InChI is InChI=1S/C21H19FN2O2/c22-17-10-8-16(9-11-17)18-19(23-12-4-5-13-23)21(26)24(20(18)25)14-15-6-2-1-3-7-15/h1-3,6-11H,4-5,12-14H2. The first-order valence-corrected chi connectivity index (χ1v) is 8.80. The Morgan fingerprint density at radius 3 is 2.15 bits per heavy atom. The van der Waals surface area contributed by atoms with Gasteiger partial charge < -0.3 is 4.90 Å². The second kappa shape index (κ2) is 6.75. The number of nitrogens with zero attached hydrogens (tertiary/aromatic N) is 2. The Kier molecular flexibility index (Phi) is 4.29. The summed E-state index contributed by atoms with van der Waals surface area (Å²) in [4.78, 5) is 29.5. The van der Waals surface area contributed by atoms with Crippen LogP contribution in [0.15, 0.2) is 60.3 Å². The highest BCUT2D eigenvalue weighted by molar-refractivity contribution is 6.35. The van der Waals surface area contributed by atoms with Crippen molar-refractivity contribution < 1.29 is 14.0 Å². The smallest absolute Gasteiger partial charge is 0.278 e. The Labute approximate surface area is 151 Å². The maximum atomic E-state index is 13.3. The molecular weight excluding hydrogens is 331 g/mol. The molecule has 4 nitrogen and oxygen atoms in total. The minimum absolute atomic E-state index is 0.237. The number of halogens is 1. The average molecular weight is 350 g/mol. The molecule has 0 spiro atoms. The van der Waals surface area contributed by atoms with Gasteiger partial charge in [-0.1, -0.05) is 42.5 Å². The zero-order chi connectivity index (χ0) is 18.1. The Bertz CT molecular complexity index is 869. The molecule has 4 rings (SSSR count). The van der Waals surface area contributed by atoms with E-state index < -0.39 is 0 Å². The number of amides is 2. The fraction of sp³-hybridized carbons (Fsp3) is 0.238. The first kappa shape index (κ1) is 16.5.